The van der Waals surface area contributed by atoms with Crippen molar-refractivity contribution >= 4 is 8.80 Å². The van der Waals surface area contributed by atoms with E-state index in [4.69, 9.17) is 13.3 Å². The first-order valence-electron chi connectivity index (χ1n) is 7.77. The predicted octanol–water partition coefficient (Wildman–Crippen LogP) is 2.40. The van der Waals surface area contributed by atoms with E-state index < -0.39 is 8.80 Å². The molecule has 0 amide bonds. The van der Waals surface area contributed by atoms with Crippen LogP contribution in [0.1, 0.15) is 27.2 Å². The van der Waals surface area contributed by atoms with Crippen molar-refractivity contribution in [1.29, 1.82) is 0 Å². The molecule has 0 fully saturated rings. The van der Waals surface area contributed by atoms with E-state index in [-0.39, 0.29) is 0 Å². The molecule has 1 heterocycles. The number of hydrogen-bond donors (Lipinski definition) is 0. The van der Waals surface area contributed by atoms with Crippen LogP contribution in [0.4, 0.5) is 0 Å². The van der Waals surface area contributed by atoms with Crippen molar-refractivity contribution in [3.63, 3.8) is 0 Å². The molecule has 1 aromatic rings. The lowest BCUT2D eigenvalue weighted by molar-refractivity contribution is -0.696. The molecule has 0 N–H and O–H groups in total. The van der Waals surface area contributed by atoms with Crippen molar-refractivity contribution in [3.05, 3.63) is 31.4 Å². The van der Waals surface area contributed by atoms with Gasteiger partial charge in [0.15, 0.2) is 0 Å². The van der Waals surface area contributed by atoms with Gasteiger partial charge in [0.2, 0.25) is 6.33 Å². The van der Waals surface area contributed by atoms with E-state index in [1.54, 1.807) is 0 Å². The van der Waals surface area contributed by atoms with E-state index in [2.05, 4.69) is 34.4 Å². The second-order valence-corrected chi connectivity index (χ2v) is 7.45. The average molecular weight is 313 g/mol. The van der Waals surface area contributed by atoms with Crippen LogP contribution in [0.3, 0.4) is 0 Å². The SMILES string of the molecule is C=CCn1cc[n+](CCC[Si](OCC)(OCC)OCC)c1. The predicted molar refractivity (Wildman–Crippen MR) is 84.9 cm³/mol. The first-order chi connectivity index (χ1) is 10.2. The normalized spacial score (nSPS) is 11.8. The van der Waals surface area contributed by atoms with E-state index >= 15 is 0 Å². The summed E-state index contributed by atoms with van der Waals surface area (Å²) in [5.41, 5.74) is 0. The quantitative estimate of drug-likeness (QED) is 0.338. The zero-order chi connectivity index (χ0) is 15.6. The monoisotopic (exact) mass is 313 g/mol. The summed E-state index contributed by atoms with van der Waals surface area (Å²) < 4.78 is 21.9. The third-order valence-electron chi connectivity index (χ3n) is 3.08. The van der Waals surface area contributed by atoms with Crippen LogP contribution >= 0.6 is 0 Å². The minimum absolute atomic E-state index is 0.634. The highest BCUT2D eigenvalue weighted by molar-refractivity contribution is 6.60. The smallest absolute Gasteiger partial charge is 0.374 e. The van der Waals surface area contributed by atoms with E-state index in [1.807, 2.05) is 26.8 Å². The molecule has 21 heavy (non-hydrogen) atoms. The van der Waals surface area contributed by atoms with Crippen molar-refractivity contribution in [2.45, 2.75) is 46.3 Å². The van der Waals surface area contributed by atoms with Crippen molar-refractivity contribution < 1.29 is 17.8 Å². The molecule has 0 radical (unpaired) electrons. The fourth-order valence-electron chi connectivity index (χ4n) is 2.31. The average Bonchev–Trinajstić information content (AvgIpc) is 2.88. The van der Waals surface area contributed by atoms with Gasteiger partial charge in [-0.25, -0.2) is 9.13 Å². The van der Waals surface area contributed by atoms with Gasteiger partial charge in [-0.15, -0.1) is 0 Å². The summed E-state index contributed by atoms with van der Waals surface area (Å²) >= 11 is 0. The highest BCUT2D eigenvalue weighted by Gasteiger charge is 2.39. The van der Waals surface area contributed by atoms with Crippen LogP contribution in [0.25, 0.3) is 0 Å². The Morgan fingerprint density at radius 3 is 2.29 bits per heavy atom. The van der Waals surface area contributed by atoms with Gasteiger partial charge in [0, 0.05) is 25.9 Å². The maximum atomic E-state index is 5.86. The van der Waals surface area contributed by atoms with Gasteiger partial charge in [0.1, 0.15) is 18.9 Å². The molecule has 0 aliphatic heterocycles. The first kappa shape index (κ1) is 18.1. The van der Waals surface area contributed by atoms with Crippen LogP contribution < -0.4 is 4.57 Å². The lowest BCUT2D eigenvalue weighted by Gasteiger charge is -2.28. The lowest BCUT2D eigenvalue weighted by atomic mass is 10.5. The van der Waals surface area contributed by atoms with Crippen molar-refractivity contribution in [3.8, 4) is 0 Å². The van der Waals surface area contributed by atoms with Crippen molar-refractivity contribution in [2.75, 3.05) is 19.8 Å². The van der Waals surface area contributed by atoms with Gasteiger partial charge in [-0.05, 0) is 27.2 Å². The molecule has 1 rings (SSSR count). The Hall–Kier alpha value is -0.953. The number of aromatic nitrogens is 2. The molecule has 0 unspecified atom stereocenters. The van der Waals surface area contributed by atoms with Crippen molar-refractivity contribution in [2.24, 2.45) is 0 Å². The standard InChI is InChI=1S/C15H29N2O3Si/c1-5-10-16-12-13-17(15-16)11-9-14-21(18-6-2,19-7-3)20-8-4/h5,12-13,15H,1,6-11,14H2,2-4H3/q+1. The van der Waals surface area contributed by atoms with E-state index in [1.165, 1.54) is 0 Å². The Labute approximate surface area is 129 Å². The summed E-state index contributed by atoms with van der Waals surface area (Å²) in [7, 11) is -2.49. The molecule has 0 aromatic carbocycles. The van der Waals surface area contributed by atoms with Gasteiger partial charge >= 0.3 is 8.80 Å². The zero-order valence-electron chi connectivity index (χ0n) is 13.6. The molecule has 0 saturated carbocycles. The van der Waals surface area contributed by atoms with Gasteiger partial charge in [-0.3, -0.25) is 0 Å². The summed E-state index contributed by atoms with van der Waals surface area (Å²) in [5, 5.41) is 0. The highest BCUT2D eigenvalue weighted by atomic mass is 28.4. The van der Waals surface area contributed by atoms with Gasteiger partial charge in [-0.1, -0.05) is 12.7 Å². The molecule has 6 heteroatoms. The van der Waals surface area contributed by atoms with Crippen molar-refractivity contribution in [1.82, 2.24) is 4.57 Å². The van der Waals surface area contributed by atoms with Gasteiger partial charge in [0.25, 0.3) is 0 Å². The summed E-state index contributed by atoms with van der Waals surface area (Å²) in [6.07, 6.45) is 9.10. The third kappa shape index (κ3) is 6.13. The third-order valence-corrected chi connectivity index (χ3v) is 6.23. The maximum Gasteiger partial charge on any atom is 0.501 e. The Balaban J connectivity index is 2.52. The Morgan fingerprint density at radius 2 is 1.76 bits per heavy atom. The summed E-state index contributed by atoms with van der Waals surface area (Å²) in [6, 6.07) is 0.849. The largest absolute Gasteiger partial charge is 0.501 e. The molecule has 0 aliphatic rings. The van der Waals surface area contributed by atoms with Crippen LogP contribution in [0.2, 0.25) is 6.04 Å². The summed E-state index contributed by atoms with van der Waals surface area (Å²) in [5.74, 6) is 0. The van der Waals surface area contributed by atoms with E-state index in [0.717, 1.165) is 25.6 Å². The number of aryl methyl sites for hydroxylation is 1. The number of allylic oxidation sites excluding steroid dienone is 1. The van der Waals surface area contributed by atoms with Crippen LogP contribution in [-0.4, -0.2) is 33.2 Å². The minimum Gasteiger partial charge on any atom is -0.374 e. The molecule has 0 spiro atoms. The van der Waals surface area contributed by atoms with Gasteiger partial charge in [-0.2, -0.15) is 0 Å². The van der Waals surface area contributed by atoms with Gasteiger partial charge < -0.3 is 13.3 Å². The second-order valence-electron chi connectivity index (χ2n) is 4.72. The van der Waals surface area contributed by atoms with E-state index in [0.29, 0.717) is 19.8 Å². The zero-order valence-corrected chi connectivity index (χ0v) is 14.6. The fraction of sp³-hybridized carbons (Fsp3) is 0.667. The Kier molecular flexibility index (Phi) is 8.52. The number of rotatable bonds is 12. The molecule has 0 atom stereocenters. The number of hydrogen-bond acceptors (Lipinski definition) is 3. The molecular formula is C15H29N2O3Si+. The number of imidazole rings is 1. The highest BCUT2D eigenvalue weighted by Crippen LogP contribution is 2.18. The first-order valence-corrected chi connectivity index (χ1v) is 9.70. The molecule has 0 bridgehead atoms. The van der Waals surface area contributed by atoms with Crippen LogP contribution in [0.15, 0.2) is 31.4 Å². The maximum absolute atomic E-state index is 5.86. The lowest BCUT2D eigenvalue weighted by Crippen LogP contribution is -2.46. The summed E-state index contributed by atoms with van der Waals surface area (Å²) in [6.45, 7) is 13.4. The minimum atomic E-state index is -2.49. The molecule has 120 valence electrons. The molecule has 5 nitrogen and oxygen atoms in total. The van der Waals surface area contributed by atoms with Gasteiger partial charge in [0.05, 0.1) is 6.54 Å². The Morgan fingerprint density at radius 1 is 1.14 bits per heavy atom. The molecular weight excluding hydrogens is 284 g/mol. The van der Waals surface area contributed by atoms with E-state index in [9.17, 15) is 0 Å². The fourth-order valence-corrected chi connectivity index (χ4v) is 4.90. The molecule has 1 aromatic heterocycles. The van der Waals surface area contributed by atoms with Crippen LogP contribution in [0, 0.1) is 0 Å². The topological polar surface area (TPSA) is 36.5 Å². The molecule has 0 saturated heterocycles. The van der Waals surface area contributed by atoms with Crippen LogP contribution in [-0.2, 0) is 26.4 Å². The number of nitrogens with zero attached hydrogens (tertiary/aromatic N) is 2. The van der Waals surface area contributed by atoms with Crippen LogP contribution in [0.5, 0.6) is 0 Å². The Bertz CT molecular complexity index is 392. The molecule has 0 aliphatic carbocycles. The summed E-state index contributed by atoms with van der Waals surface area (Å²) in [4.78, 5) is 0. The second kappa shape index (κ2) is 9.89.